The van der Waals surface area contributed by atoms with Crippen LogP contribution < -0.4 is 15.5 Å². The van der Waals surface area contributed by atoms with Gasteiger partial charge in [0.25, 0.3) is 17.5 Å². The van der Waals surface area contributed by atoms with Crippen molar-refractivity contribution in [1.29, 1.82) is 0 Å². The Morgan fingerprint density at radius 1 is 1.13 bits per heavy atom. The number of nitrogens with zero attached hydrogens (tertiary/aromatic N) is 3. The Kier molecular flexibility index (Phi) is 7.31. The number of nitro benzene ring substituents is 1. The van der Waals surface area contributed by atoms with Crippen LogP contribution in [0.25, 0.3) is 16.3 Å². The first-order valence-electron chi connectivity index (χ1n) is 11.0. The van der Waals surface area contributed by atoms with Gasteiger partial charge in [0, 0.05) is 23.4 Å². The second-order valence-corrected chi connectivity index (χ2v) is 10.5. The van der Waals surface area contributed by atoms with Crippen molar-refractivity contribution < 1.29 is 19.2 Å². The van der Waals surface area contributed by atoms with Crippen molar-refractivity contribution in [3.05, 3.63) is 93.4 Å². The Balaban J connectivity index is 1.35. The van der Waals surface area contributed by atoms with Gasteiger partial charge in [-0.2, -0.15) is 5.01 Å². The van der Waals surface area contributed by atoms with Gasteiger partial charge in [0.05, 0.1) is 20.0 Å². The van der Waals surface area contributed by atoms with Crippen LogP contribution >= 0.6 is 35.3 Å². The van der Waals surface area contributed by atoms with Gasteiger partial charge in [0.15, 0.2) is 10.9 Å². The van der Waals surface area contributed by atoms with Crippen molar-refractivity contribution in [3.63, 3.8) is 0 Å². The lowest BCUT2D eigenvalue weighted by Gasteiger charge is -2.14. The number of hydrogen-bond donors (Lipinski definition) is 2. The molecule has 1 saturated heterocycles. The number of thiocarbonyl (C=S) groups is 1. The molecule has 0 radical (unpaired) electrons. The van der Waals surface area contributed by atoms with Gasteiger partial charge in [-0.1, -0.05) is 53.4 Å². The van der Waals surface area contributed by atoms with Crippen molar-refractivity contribution >= 4 is 84.3 Å². The summed E-state index contributed by atoms with van der Waals surface area (Å²) in [6.45, 7) is -0.340. The summed E-state index contributed by atoms with van der Waals surface area (Å²) >= 11 is 7.79. The molecule has 2 amide bonds. The molecule has 0 saturated carbocycles. The predicted molar refractivity (Wildman–Crippen MR) is 152 cm³/mol. The summed E-state index contributed by atoms with van der Waals surface area (Å²) in [5.74, 6) is -0.659. The molecule has 0 bridgehead atoms. The maximum atomic E-state index is 13.2. The van der Waals surface area contributed by atoms with Crippen LogP contribution in [0.3, 0.4) is 0 Å². The lowest BCUT2D eigenvalue weighted by atomic mass is 10.1. The van der Waals surface area contributed by atoms with Gasteiger partial charge < -0.3 is 10.1 Å². The van der Waals surface area contributed by atoms with Crippen LogP contribution in [0, 0.1) is 10.1 Å². The number of para-hydroxylation sites is 2. The number of thiazole rings is 1. The smallest absolute Gasteiger partial charge is 0.285 e. The van der Waals surface area contributed by atoms with Crippen molar-refractivity contribution in [2.75, 3.05) is 17.3 Å². The van der Waals surface area contributed by atoms with Crippen molar-refractivity contribution in [3.8, 4) is 5.75 Å². The van der Waals surface area contributed by atoms with Crippen LogP contribution in [0.2, 0.25) is 0 Å². The number of thioether (sulfide) groups is 1. The quantitative estimate of drug-likeness (QED) is 0.124. The molecule has 1 fully saturated rings. The Morgan fingerprint density at radius 3 is 2.66 bits per heavy atom. The van der Waals surface area contributed by atoms with E-state index in [2.05, 4.69) is 15.7 Å². The molecule has 0 aliphatic carbocycles. The molecule has 13 heteroatoms. The lowest BCUT2D eigenvalue weighted by Crippen LogP contribution is -2.33. The number of anilines is 2. The van der Waals surface area contributed by atoms with Crippen LogP contribution in [0.4, 0.5) is 16.5 Å². The first-order chi connectivity index (χ1) is 18.4. The maximum absolute atomic E-state index is 13.2. The van der Waals surface area contributed by atoms with E-state index in [-0.39, 0.29) is 32.8 Å². The molecular weight excluding hydrogens is 547 g/mol. The number of ether oxygens (including phenoxy) is 1. The van der Waals surface area contributed by atoms with Gasteiger partial charge in [-0.25, -0.2) is 4.98 Å². The standard InChI is InChI=1S/C25H17N5O5S3/c31-22(26-16-6-2-1-3-7-16)14-35-19-11-10-17(30(33)34)12-15(19)13-21-23(32)29(25(36)38-21)28-24-27-18-8-4-5-9-20(18)37-24/h1-13H,14H2,(H,26,31)(H,27,28). The fourth-order valence-corrected chi connectivity index (χ4v) is 5.50. The van der Waals surface area contributed by atoms with Crippen molar-refractivity contribution in [2.45, 2.75) is 0 Å². The molecule has 2 N–H and O–H groups in total. The second-order valence-electron chi connectivity index (χ2n) is 7.80. The van der Waals surface area contributed by atoms with Crippen LogP contribution in [-0.2, 0) is 9.59 Å². The maximum Gasteiger partial charge on any atom is 0.285 e. The highest BCUT2D eigenvalue weighted by atomic mass is 32.2. The summed E-state index contributed by atoms with van der Waals surface area (Å²) in [7, 11) is 0. The molecule has 3 aromatic carbocycles. The third kappa shape index (κ3) is 5.64. The largest absolute Gasteiger partial charge is 0.483 e. The fraction of sp³-hybridized carbons (Fsp3) is 0.0400. The minimum Gasteiger partial charge on any atom is -0.483 e. The number of hydrazine groups is 1. The molecular formula is C25H17N5O5S3. The average molecular weight is 564 g/mol. The molecule has 0 unspecified atom stereocenters. The van der Waals surface area contributed by atoms with E-state index < -0.39 is 16.7 Å². The molecule has 4 aromatic rings. The van der Waals surface area contributed by atoms with Crippen molar-refractivity contribution in [2.24, 2.45) is 0 Å². The molecule has 10 nitrogen and oxygen atoms in total. The van der Waals surface area contributed by atoms with Crippen molar-refractivity contribution in [1.82, 2.24) is 9.99 Å². The topological polar surface area (TPSA) is 127 Å². The number of rotatable bonds is 8. The van der Waals surface area contributed by atoms with E-state index >= 15 is 0 Å². The fourth-order valence-electron chi connectivity index (χ4n) is 3.48. The van der Waals surface area contributed by atoms with Gasteiger partial charge in [0.2, 0.25) is 5.13 Å². The minimum atomic E-state index is -0.552. The van der Waals surface area contributed by atoms with E-state index in [4.69, 9.17) is 17.0 Å². The lowest BCUT2D eigenvalue weighted by molar-refractivity contribution is -0.384. The average Bonchev–Trinajstić information content (AvgIpc) is 3.44. The van der Waals surface area contributed by atoms with Crippen LogP contribution in [0.5, 0.6) is 5.75 Å². The minimum absolute atomic E-state index is 0.194. The first-order valence-corrected chi connectivity index (χ1v) is 13.1. The molecule has 2 heterocycles. The predicted octanol–water partition coefficient (Wildman–Crippen LogP) is 5.45. The van der Waals surface area contributed by atoms with Gasteiger partial charge in [0.1, 0.15) is 5.75 Å². The molecule has 0 spiro atoms. The monoisotopic (exact) mass is 563 g/mol. The first kappa shape index (κ1) is 25.3. The van der Waals surface area contributed by atoms with Crippen LogP contribution in [0.1, 0.15) is 5.56 Å². The Labute approximate surface area is 229 Å². The van der Waals surface area contributed by atoms with E-state index in [0.29, 0.717) is 10.8 Å². The number of amides is 2. The summed E-state index contributed by atoms with van der Waals surface area (Å²) in [5, 5.41) is 15.8. The zero-order valence-corrected chi connectivity index (χ0v) is 21.8. The number of fused-ring (bicyclic) bond motifs is 1. The molecule has 1 aromatic heterocycles. The van der Waals surface area contributed by atoms with Gasteiger partial charge in [-0.3, -0.25) is 25.1 Å². The SMILES string of the molecule is O=C(COc1ccc([N+](=O)[O-])cc1C=C1SC(=S)N(Nc2nc3ccccc3s2)C1=O)Nc1ccccc1. The number of benzene rings is 3. The summed E-state index contributed by atoms with van der Waals surface area (Å²) in [6.07, 6.45) is 1.46. The highest BCUT2D eigenvalue weighted by molar-refractivity contribution is 8.26. The summed E-state index contributed by atoms with van der Waals surface area (Å²) < 4.78 is 6.86. The molecule has 38 heavy (non-hydrogen) atoms. The summed E-state index contributed by atoms with van der Waals surface area (Å²) in [5.41, 5.74) is 4.41. The number of nitrogens with one attached hydrogen (secondary N) is 2. The van der Waals surface area contributed by atoms with Gasteiger partial charge >= 0.3 is 0 Å². The molecule has 0 atom stereocenters. The van der Waals surface area contributed by atoms with Crippen LogP contribution in [-0.4, -0.2) is 37.7 Å². The van der Waals surface area contributed by atoms with E-state index in [9.17, 15) is 19.7 Å². The van der Waals surface area contributed by atoms with E-state index in [1.165, 1.54) is 40.6 Å². The molecule has 5 rings (SSSR count). The number of hydrogen-bond acceptors (Lipinski definition) is 10. The number of nitro groups is 1. The number of aromatic nitrogens is 1. The highest BCUT2D eigenvalue weighted by Gasteiger charge is 2.33. The Bertz CT molecular complexity index is 1570. The zero-order valence-electron chi connectivity index (χ0n) is 19.3. The zero-order chi connectivity index (χ0) is 26.6. The number of carbonyl (C=O) groups is 2. The normalized spacial score (nSPS) is 14.2. The molecule has 1 aliphatic heterocycles. The van der Waals surface area contributed by atoms with E-state index in [1.807, 2.05) is 30.3 Å². The van der Waals surface area contributed by atoms with Gasteiger partial charge in [-0.15, -0.1) is 0 Å². The van der Waals surface area contributed by atoms with Crippen LogP contribution in [0.15, 0.2) is 77.7 Å². The molecule has 190 valence electrons. The Morgan fingerprint density at radius 2 is 1.89 bits per heavy atom. The third-order valence-corrected chi connectivity index (χ3v) is 7.45. The number of carbonyl (C=O) groups excluding carboxylic acids is 2. The molecule has 1 aliphatic rings. The highest BCUT2D eigenvalue weighted by Crippen LogP contribution is 2.36. The number of non-ortho nitro benzene ring substituents is 1. The van der Waals surface area contributed by atoms with E-state index in [0.717, 1.165) is 22.0 Å². The summed E-state index contributed by atoms with van der Waals surface area (Å²) in [4.78, 5) is 41.0. The summed E-state index contributed by atoms with van der Waals surface area (Å²) in [6, 6.07) is 20.4. The second kappa shape index (κ2) is 11.0. The Hall–Kier alpha value is -4.33. The van der Waals surface area contributed by atoms with Gasteiger partial charge in [-0.05, 0) is 48.6 Å². The van der Waals surface area contributed by atoms with E-state index in [1.54, 1.807) is 24.3 Å². The third-order valence-electron chi connectivity index (χ3n) is 5.20.